The summed E-state index contributed by atoms with van der Waals surface area (Å²) >= 11 is 6.35. The summed E-state index contributed by atoms with van der Waals surface area (Å²) < 4.78 is 5.26. The van der Waals surface area contributed by atoms with Gasteiger partial charge in [-0.25, -0.2) is 4.79 Å². The first-order chi connectivity index (χ1) is 16.9. The van der Waals surface area contributed by atoms with Crippen LogP contribution in [-0.2, 0) is 19.7 Å². The number of hydrogen-bond acceptors (Lipinski definition) is 5. The average molecular weight is 514 g/mol. The molecule has 0 saturated carbocycles. The van der Waals surface area contributed by atoms with Gasteiger partial charge < -0.3 is 9.64 Å². The van der Waals surface area contributed by atoms with E-state index < -0.39 is 17.8 Å². The third-order valence-electron chi connectivity index (χ3n) is 6.62. The molecule has 194 valence electrons. The molecule has 4 amide bonds. The molecule has 1 aromatic rings. The molecular weight excluding hydrogens is 478 g/mol. The lowest BCUT2D eigenvalue weighted by Crippen LogP contribution is -2.60. The zero-order valence-corrected chi connectivity index (χ0v) is 22.8. The Bertz CT molecular complexity index is 1090. The van der Waals surface area contributed by atoms with Crippen molar-refractivity contribution in [2.24, 2.45) is 0 Å². The van der Waals surface area contributed by atoms with Crippen LogP contribution >= 0.6 is 11.6 Å². The second-order valence-corrected chi connectivity index (χ2v) is 10.6. The maximum absolute atomic E-state index is 13.2. The summed E-state index contributed by atoms with van der Waals surface area (Å²) in [5.74, 6) is -1.14. The third kappa shape index (κ3) is 5.07. The summed E-state index contributed by atoms with van der Waals surface area (Å²) in [6, 6.07) is 4.52. The number of carbonyl (C=O) groups is 3. The van der Waals surface area contributed by atoms with Gasteiger partial charge in [0, 0.05) is 40.5 Å². The number of benzene rings is 1. The Hall–Kier alpha value is -3.06. The van der Waals surface area contributed by atoms with E-state index in [0.29, 0.717) is 18.2 Å². The molecule has 0 radical (unpaired) electrons. The average Bonchev–Trinajstić information content (AvgIpc) is 2.98. The van der Waals surface area contributed by atoms with E-state index in [1.165, 1.54) is 6.26 Å². The lowest BCUT2D eigenvalue weighted by atomic mass is 9.83. The lowest BCUT2D eigenvalue weighted by Gasteiger charge is -2.38. The number of unbranched alkanes of at least 4 members (excludes halogenated alkanes) is 1. The van der Waals surface area contributed by atoms with E-state index in [2.05, 4.69) is 25.3 Å². The fourth-order valence-electron chi connectivity index (χ4n) is 4.80. The molecule has 2 aliphatic heterocycles. The summed E-state index contributed by atoms with van der Waals surface area (Å²) in [6.07, 6.45) is 6.55. The number of allylic oxidation sites excluding steroid dienone is 3. The molecule has 0 N–H and O–H groups in total. The van der Waals surface area contributed by atoms with Crippen LogP contribution in [0.3, 0.4) is 0 Å². The topological polar surface area (TPSA) is 70.2 Å². The van der Waals surface area contributed by atoms with Crippen molar-refractivity contribution in [2.45, 2.75) is 71.9 Å². The predicted molar refractivity (Wildman–Crippen MR) is 143 cm³/mol. The molecule has 0 atom stereocenters. The molecule has 1 fully saturated rings. The highest BCUT2D eigenvalue weighted by Crippen LogP contribution is 2.48. The first-order valence-corrected chi connectivity index (χ1v) is 12.7. The molecule has 2 aliphatic rings. The molecule has 2 heterocycles. The molecule has 1 saturated heterocycles. The second kappa shape index (κ2) is 10.9. The van der Waals surface area contributed by atoms with Gasteiger partial charge in [-0.1, -0.05) is 38.1 Å². The number of amides is 4. The van der Waals surface area contributed by atoms with E-state index in [1.807, 2.05) is 24.3 Å². The van der Waals surface area contributed by atoms with Crippen molar-refractivity contribution < 1.29 is 19.1 Å². The number of carbonyl (C=O) groups excluding carboxylic acids is 3. The van der Waals surface area contributed by atoms with Crippen LogP contribution in [0.1, 0.15) is 59.9 Å². The third-order valence-corrected chi connectivity index (χ3v) is 6.85. The van der Waals surface area contributed by atoms with Crippen LogP contribution in [0.25, 0.3) is 0 Å². The van der Waals surface area contributed by atoms with Gasteiger partial charge in [-0.05, 0) is 70.4 Å². The molecule has 8 heteroatoms. The van der Waals surface area contributed by atoms with Crippen molar-refractivity contribution in [3.63, 3.8) is 0 Å². The van der Waals surface area contributed by atoms with Gasteiger partial charge in [-0.2, -0.15) is 0 Å². The second-order valence-electron chi connectivity index (χ2n) is 10.1. The molecule has 0 unspecified atom stereocenters. The SMILES string of the molecule is C=COCCCCN1C(=CC=C2C(=O)N(C(C)C)C(=O)N(C(C)C)C2=O)C(C)(C)c2ccc(Cl)cc21. The number of ether oxygens (including phenoxy) is 1. The number of nitrogens with zero attached hydrogens (tertiary/aromatic N) is 3. The fraction of sp³-hybridized carbons (Fsp3) is 0.464. The first kappa shape index (κ1) is 27.5. The smallest absolute Gasteiger partial charge is 0.334 e. The molecule has 0 aromatic heterocycles. The van der Waals surface area contributed by atoms with Crippen molar-refractivity contribution in [2.75, 3.05) is 18.1 Å². The molecule has 7 nitrogen and oxygen atoms in total. The Morgan fingerprint density at radius 1 is 1.00 bits per heavy atom. The number of hydrogen-bond donors (Lipinski definition) is 0. The number of anilines is 1. The van der Waals surface area contributed by atoms with Gasteiger partial charge in [-0.3, -0.25) is 19.4 Å². The molecule has 36 heavy (non-hydrogen) atoms. The summed E-state index contributed by atoms with van der Waals surface area (Å²) in [6.45, 7) is 16.1. The normalized spacial score (nSPS) is 18.6. The molecular formula is C28H36ClN3O4. The van der Waals surface area contributed by atoms with Crippen molar-refractivity contribution in [1.82, 2.24) is 9.80 Å². The minimum atomic E-state index is -0.577. The van der Waals surface area contributed by atoms with E-state index in [0.717, 1.165) is 39.6 Å². The van der Waals surface area contributed by atoms with Crippen LogP contribution in [-0.4, -0.2) is 52.9 Å². The van der Waals surface area contributed by atoms with Crippen LogP contribution in [0.4, 0.5) is 10.5 Å². The number of barbiturate groups is 1. The minimum Gasteiger partial charge on any atom is -0.502 e. The van der Waals surface area contributed by atoms with E-state index >= 15 is 0 Å². The van der Waals surface area contributed by atoms with Gasteiger partial charge in [-0.15, -0.1) is 0 Å². The largest absolute Gasteiger partial charge is 0.502 e. The van der Waals surface area contributed by atoms with E-state index in [9.17, 15) is 14.4 Å². The number of imide groups is 2. The number of halogens is 1. The van der Waals surface area contributed by atoms with E-state index in [1.54, 1.807) is 33.8 Å². The van der Waals surface area contributed by atoms with Gasteiger partial charge in [0.2, 0.25) is 0 Å². The van der Waals surface area contributed by atoms with Crippen LogP contribution in [0.2, 0.25) is 5.02 Å². The van der Waals surface area contributed by atoms with Crippen molar-refractivity contribution >= 4 is 35.1 Å². The number of urea groups is 1. The molecule has 0 aliphatic carbocycles. The molecule has 1 aromatic carbocycles. The number of rotatable bonds is 9. The van der Waals surface area contributed by atoms with Gasteiger partial charge in [0.15, 0.2) is 0 Å². The monoisotopic (exact) mass is 513 g/mol. The van der Waals surface area contributed by atoms with Crippen LogP contribution in [0.5, 0.6) is 0 Å². The van der Waals surface area contributed by atoms with Gasteiger partial charge in [0.25, 0.3) is 11.8 Å². The highest BCUT2D eigenvalue weighted by Gasteiger charge is 2.44. The van der Waals surface area contributed by atoms with Crippen LogP contribution < -0.4 is 4.90 Å². The van der Waals surface area contributed by atoms with Crippen molar-refractivity contribution in [3.8, 4) is 0 Å². The maximum Gasteiger partial charge on any atom is 0.334 e. The van der Waals surface area contributed by atoms with Crippen molar-refractivity contribution in [1.29, 1.82) is 0 Å². The van der Waals surface area contributed by atoms with E-state index in [-0.39, 0.29) is 23.1 Å². The van der Waals surface area contributed by atoms with Gasteiger partial charge in [0.05, 0.1) is 12.9 Å². The Balaban J connectivity index is 2.05. The Labute approximate surface area is 219 Å². The first-order valence-electron chi connectivity index (χ1n) is 12.4. The Kier molecular flexibility index (Phi) is 8.34. The minimum absolute atomic E-state index is 0.0198. The highest BCUT2D eigenvalue weighted by molar-refractivity contribution is 6.31. The Morgan fingerprint density at radius 2 is 1.61 bits per heavy atom. The number of fused-ring (bicyclic) bond motifs is 1. The summed E-state index contributed by atoms with van der Waals surface area (Å²) in [4.78, 5) is 43.9. The van der Waals surface area contributed by atoms with Crippen LogP contribution in [0, 0.1) is 0 Å². The highest BCUT2D eigenvalue weighted by atomic mass is 35.5. The zero-order valence-electron chi connectivity index (χ0n) is 22.0. The van der Waals surface area contributed by atoms with E-state index in [4.69, 9.17) is 16.3 Å². The molecule has 3 rings (SSSR count). The summed E-state index contributed by atoms with van der Waals surface area (Å²) in [5, 5.41) is 0.639. The molecule has 0 bridgehead atoms. The van der Waals surface area contributed by atoms with Crippen LogP contribution in [0.15, 0.2) is 54.5 Å². The molecule has 0 spiro atoms. The van der Waals surface area contributed by atoms with Gasteiger partial charge in [0.1, 0.15) is 5.57 Å². The predicted octanol–water partition coefficient (Wildman–Crippen LogP) is 5.80. The zero-order chi connectivity index (χ0) is 26.8. The summed E-state index contributed by atoms with van der Waals surface area (Å²) in [5.41, 5.74) is 2.66. The summed E-state index contributed by atoms with van der Waals surface area (Å²) in [7, 11) is 0. The Morgan fingerprint density at radius 3 is 2.17 bits per heavy atom. The standard InChI is InChI=1S/C28H36ClN3O4/c1-8-36-16-10-9-15-30-23-17-20(29)11-13-22(23)28(6,7)24(30)14-12-21-25(33)31(18(2)3)27(35)32(19(4)5)26(21)34/h8,11-14,17-19H,1,9-10,15-16H2,2-7H3. The lowest BCUT2D eigenvalue weighted by molar-refractivity contribution is -0.137. The fourth-order valence-corrected chi connectivity index (χ4v) is 4.96. The quantitative estimate of drug-likeness (QED) is 0.181. The van der Waals surface area contributed by atoms with Crippen molar-refractivity contribution in [3.05, 3.63) is 65.0 Å². The maximum atomic E-state index is 13.2. The van der Waals surface area contributed by atoms with Gasteiger partial charge >= 0.3 is 6.03 Å².